The van der Waals surface area contributed by atoms with Crippen LogP contribution in [-0.4, -0.2) is 19.7 Å². The van der Waals surface area contributed by atoms with Gasteiger partial charge in [-0.05, 0) is 12.8 Å². The van der Waals surface area contributed by atoms with Crippen molar-refractivity contribution in [1.29, 1.82) is 0 Å². The van der Waals surface area contributed by atoms with E-state index in [1.54, 1.807) is 0 Å². The number of aromatic nitrogens is 4. The molecule has 0 aliphatic carbocycles. The van der Waals surface area contributed by atoms with Crippen LogP contribution in [0.15, 0.2) is 12.5 Å². The summed E-state index contributed by atoms with van der Waals surface area (Å²) in [5.41, 5.74) is 9.04. The Bertz CT molecular complexity index is 573. The zero-order valence-electron chi connectivity index (χ0n) is 11.8. The Morgan fingerprint density at radius 1 is 1.37 bits per heavy atom. The number of aryl methyl sites for hydroxylation is 2. The Morgan fingerprint density at radius 3 is 2.68 bits per heavy atom. The number of rotatable bonds is 4. The van der Waals surface area contributed by atoms with Crippen LogP contribution in [0, 0.1) is 6.92 Å². The molecule has 19 heavy (non-hydrogen) atoms. The monoisotopic (exact) mass is 260 g/mol. The summed E-state index contributed by atoms with van der Waals surface area (Å²) in [5.74, 6) is 1.61. The van der Waals surface area contributed by atoms with Crippen LogP contribution in [0.1, 0.15) is 36.6 Å². The van der Waals surface area contributed by atoms with Crippen molar-refractivity contribution in [2.45, 2.75) is 33.2 Å². The van der Waals surface area contributed by atoms with Gasteiger partial charge in [0.1, 0.15) is 18.0 Å². The van der Waals surface area contributed by atoms with Crippen LogP contribution in [-0.2, 0) is 13.6 Å². The van der Waals surface area contributed by atoms with E-state index in [2.05, 4.69) is 34.2 Å². The Morgan fingerprint density at radius 2 is 2.11 bits per heavy atom. The highest BCUT2D eigenvalue weighted by Gasteiger charge is 2.13. The molecule has 0 amide bonds. The molecule has 2 rings (SSSR count). The van der Waals surface area contributed by atoms with Gasteiger partial charge in [0.15, 0.2) is 0 Å². The highest BCUT2D eigenvalue weighted by molar-refractivity contribution is 5.56. The molecular formula is C13H20N6. The maximum atomic E-state index is 5.92. The number of nitrogen functional groups attached to an aromatic ring is 1. The third-order valence-corrected chi connectivity index (χ3v) is 3.05. The van der Waals surface area contributed by atoms with Gasteiger partial charge in [0.25, 0.3) is 0 Å². The minimum absolute atomic E-state index is 0.277. The number of nitrogens with one attached hydrogen (secondary N) is 1. The largest absolute Gasteiger partial charge is 0.383 e. The highest BCUT2D eigenvalue weighted by atomic mass is 15.3. The Kier molecular flexibility index (Phi) is 3.69. The maximum Gasteiger partial charge on any atom is 0.135 e. The van der Waals surface area contributed by atoms with E-state index in [-0.39, 0.29) is 5.92 Å². The Labute approximate surface area is 113 Å². The van der Waals surface area contributed by atoms with Gasteiger partial charge in [0.05, 0.1) is 5.69 Å². The van der Waals surface area contributed by atoms with Crippen LogP contribution in [0.3, 0.4) is 0 Å². The molecule has 2 heterocycles. The standard InChI is InChI=1S/C13H20N6/c1-8(2)11-12(14)16-7-17-13(11)15-5-10-6-19(4)18-9(10)3/h6-8H,5H2,1-4H3,(H3,14,15,16,17). The lowest BCUT2D eigenvalue weighted by Crippen LogP contribution is -2.09. The molecule has 0 fully saturated rings. The molecule has 2 aromatic rings. The first-order chi connectivity index (χ1) is 8.99. The van der Waals surface area contributed by atoms with Crippen molar-refractivity contribution in [1.82, 2.24) is 19.7 Å². The first-order valence-corrected chi connectivity index (χ1v) is 6.32. The molecule has 0 bridgehead atoms. The third kappa shape index (κ3) is 2.83. The van der Waals surface area contributed by atoms with E-state index >= 15 is 0 Å². The minimum atomic E-state index is 0.277. The van der Waals surface area contributed by atoms with Gasteiger partial charge in [-0.2, -0.15) is 5.10 Å². The van der Waals surface area contributed by atoms with Crippen molar-refractivity contribution in [3.8, 4) is 0 Å². The van der Waals surface area contributed by atoms with Crippen LogP contribution in [0.2, 0.25) is 0 Å². The molecular weight excluding hydrogens is 240 g/mol. The van der Waals surface area contributed by atoms with Crippen LogP contribution in [0.25, 0.3) is 0 Å². The van der Waals surface area contributed by atoms with E-state index in [9.17, 15) is 0 Å². The molecule has 0 atom stereocenters. The van der Waals surface area contributed by atoms with Crippen molar-refractivity contribution < 1.29 is 0 Å². The number of hydrogen-bond acceptors (Lipinski definition) is 5. The first kappa shape index (κ1) is 13.3. The lowest BCUT2D eigenvalue weighted by atomic mass is 10.0. The summed E-state index contributed by atoms with van der Waals surface area (Å²) in [6.45, 7) is 6.83. The SMILES string of the molecule is Cc1nn(C)cc1CNc1ncnc(N)c1C(C)C. The van der Waals surface area contributed by atoms with Gasteiger partial charge < -0.3 is 11.1 Å². The number of anilines is 2. The minimum Gasteiger partial charge on any atom is -0.383 e. The number of nitrogens with two attached hydrogens (primary N) is 1. The van der Waals surface area contributed by atoms with Crippen LogP contribution >= 0.6 is 0 Å². The number of hydrogen-bond donors (Lipinski definition) is 2. The van der Waals surface area contributed by atoms with Gasteiger partial charge in [-0.25, -0.2) is 9.97 Å². The molecule has 0 aliphatic rings. The maximum absolute atomic E-state index is 5.92. The van der Waals surface area contributed by atoms with Crippen molar-refractivity contribution >= 4 is 11.6 Å². The molecule has 102 valence electrons. The van der Waals surface area contributed by atoms with Crippen molar-refractivity contribution in [2.75, 3.05) is 11.1 Å². The number of nitrogens with zero attached hydrogens (tertiary/aromatic N) is 4. The summed E-state index contributed by atoms with van der Waals surface area (Å²) in [5, 5.41) is 7.64. The molecule has 2 aromatic heterocycles. The summed E-state index contributed by atoms with van der Waals surface area (Å²) in [6, 6.07) is 0. The summed E-state index contributed by atoms with van der Waals surface area (Å²) < 4.78 is 1.81. The topological polar surface area (TPSA) is 81.7 Å². The fraction of sp³-hybridized carbons (Fsp3) is 0.462. The van der Waals surface area contributed by atoms with Crippen molar-refractivity contribution in [3.05, 3.63) is 29.3 Å². The first-order valence-electron chi connectivity index (χ1n) is 6.32. The molecule has 0 saturated heterocycles. The van der Waals surface area contributed by atoms with Gasteiger partial charge in [-0.3, -0.25) is 4.68 Å². The summed E-state index contributed by atoms with van der Waals surface area (Å²) >= 11 is 0. The van der Waals surface area contributed by atoms with E-state index in [0.29, 0.717) is 12.4 Å². The quantitative estimate of drug-likeness (QED) is 0.876. The fourth-order valence-electron chi connectivity index (χ4n) is 2.12. The molecule has 0 spiro atoms. The molecule has 0 unspecified atom stereocenters. The van der Waals surface area contributed by atoms with E-state index in [0.717, 1.165) is 22.6 Å². The van der Waals surface area contributed by atoms with Crippen LogP contribution in [0.5, 0.6) is 0 Å². The van der Waals surface area contributed by atoms with Gasteiger partial charge in [0.2, 0.25) is 0 Å². The second kappa shape index (κ2) is 5.26. The Hall–Kier alpha value is -2.11. The lowest BCUT2D eigenvalue weighted by molar-refractivity contribution is 0.756. The second-order valence-electron chi connectivity index (χ2n) is 4.94. The predicted octanol–water partition coefficient (Wildman–Crippen LogP) is 1.84. The lowest BCUT2D eigenvalue weighted by Gasteiger charge is -2.14. The van der Waals surface area contributed by atoms with Crippen LogP contribution < -0.4 is 11.1 Å². The van der Waals surface area contributed by atoms with Gasteiger partial charge in [-0.15, -0.1) is 0 Å². The molecule has 0 saturated carbocycles. The molecule has 3 N–H and O–H groups in total. The summed E-state index contributed by atoms with van der Waals surface area (Å²) in [6.07, 6.45) is 3.49. The van der Waals surface area contributed by atoms with E-state index in [1.807, 2.05) is 24.9 Å². The van der Waals surface area contributed by atoms with E-state index < -0.39 is 0 Å². The third-order valence-electron chi connectivity index (χ3n) is 3.05. The van der Waals surface area contributed by atoms with Crippen LogP contribution in [0.4, 0.5) is 11.6 Å². The Balaban J connectivity index is 2.20. The van der Waals surface area contributed by atoms with Gasteiger partial charge in [-0.1, -0.05) is 13.8 Å². The second-order valence-corrected chi connectivity index (χ2v) is 4.94. The molecule has 0 aliphatic heterocycles. The zero-order chi connectivity index (χ0) is 14.0. The van der Waals surface area contributed by atoms with E-state index in [4.69, 9.17) is 5.73 Å². The summed E-state index contributed by atoms with van der Waals surface area (Å²) in [4.78, 5) is 8.33. The normalized spacial score (nSPS) is 11.0. The summed E-state index contributed by atoms with van der Waals surface area (Å²) in [7, 11) is 1.92. The van der Waals surface area contributed by atoms with Crippen molar-refractivity contribution in [2.24, 2.45) is 7.05 Å². The zero-order valence-corrected chi connectivity index (χ0v) is 11.8. The van der Waals surface area contributed by atoms with E-state index in [1.165, 1.54) is 6.33 Å². The smallest absolute Gasteiger partial charge is 0.135 e. The highest BCUT2D eigenvalue weighted by Crippen LogP contribution is 2.26. The molecule has 0 aromatic carbocycles. The molecule has 6 heteroatoms. The molecule has 6 nitrogen and oxygen atoms in total. The predicted molar refractivity (Wildman–Crippen MR) is 75.8 cm³/mol. The van der Waals surface area contributed by atoms with Gasteiger partial charge >= 0.3 is 0 Å². The van der Waals surface area contributed by atoms with Gasteiger partial charge in [0, 0.05) is 30.9 Å². The fourth-order valence-corrected chi connectivity index (χ4v) is 2.12. The average molecular weight is 260 g/mol. The average Bonchev–Trinajstić information content (AvgIpc) is 2.64. The van der Waals surface area contributed by atoms with Crippen molar-refractivity contribution in [3.63, 3.8) is 0 Å². The molecule has 0 radical (unpaired) electrons.